The molecule has 0 fully saturated rings. The minimum Gasteiger partial charge on any atom is -0.504 e. The molecule has 0 bridgehead atoms. The molecule has 2 aromatic rings. The van der Waals surface area contributed by atoms with Crippen LogP contribution < -0.4 is 4.74 Å². The third-order valence-electron chi connectivity index (χ3n) is 2.05. The van der Waals surface area contributed by atoms with Gasteiger partial charge < -0.3 is 14.8 Å². The van der Waals surface area contributed by atoms with Gasteiger partial charge in [-0.15, -0.1) is 4.91 Å². The smallest absolute Gasteiger partial charge is 0.218 e. The van der Waals surface area contributed by atoms with Crippen LogP contribution in [0.4, 0.5) is 5.82 Å². The van der Waals surface area contributed by atoms with Crippen molar-refractivity contribution in [1.82, 2.24) is 4.98 Å². The van der Waals surface area contributed by atoms with Gasteiger partial charge >= 0.3 is 0 Å². The lowest BCUT2D eigenvalue weighted by Gasteiger charge is -1.98. The van der Waals surface area contributed by atoms with Gasteiger partial charge in [-0.25, -0.2) is 0 Å². The van der Waals surface area contributed by atoms with Crippen LogP contribution in [0.25, 0.3) is 10.9 Å². The van der Waals surface area contributed by atoms with Crippen molar-refractivity contribution in [3.63, 3.8) is 0 Å². The van der Waals surface area contributed by atoms with Crippen LogP contribution in [-0.4, -0.2) is 17.2 Å². The largest absolute Gasteiger partial charge is 0.504 e. The van der Waals surface area contributed by atoms with Gasteiger partial charge in [-0.3, -0.25) is 0 Å². The Kier molecular flexibility index (Phi) is 1.85. The van der Waals surface area contributed by atoms with Crippen LogP contribution >= 0.6 is 0 Å². The van der Waals surface area contributed by atoms with Crippen molar-refractivity contribution in [2.24, 2.45) is 5.18 Å². The maximum absolute atomic E-state index is 10.3. The van der Waals surface area contributed by atoms with Crippen molar-refractivity contribution in [3.05, 3.63) is 23.1 Å². The second kappa shape index (κ2) is 3.02. The van der Waals surface area contributed by atoms with Crippen LogP contribution in [0.2, 0.25) is 0 Å². The molecular formula is C9H8N2O3. The molecule has 14 heavy (non-hydrogen) atoms. The summed E-state index contributed by atoms with van der Waals surface area (Å²) in [7, 11) is 1.53. The summed E-state index contributed by atoms with van der Waals surface area (Å²) in [6, 6.07) is 5.07. The van der Waals surface area contributed by atoms with Crippen LogP contribution in [0.1, 0.15) is 0 Å². The Morgan fingerprint density at radius 3 is 2.93 bits per heavy atom. The molecule has 1 aromatic carbocycles. The van der Waals surface area contributed by atoms with Crippen LogP contribution in [0.15, 0.2) is 23.4 Å². The normalized spacial score (nSPS) is 10.4. The summed E-state index contributed by atoms with van der Waals surface area (Å²) in [5.41, 5.74) is 0.651. The van der Waals surface area contributed by atoms with Crippen LogP contribution in [0, 0.1) is 4.91 Å². The fraction of sp³-hybridized carbons (Fsp3) is 0.111. The molecule has 0 atom stereocenters. The zero-order valence-electron chi connectivity index (χ0n) is 7.44. The van der Waals surface area contributed by atoms with E-state index in [1.807, 2.05) is 0 Å². The highest BCUT2D eigenvalue weighted by Gasteiger charge is 2.10. The van der Waals surface area contributed by atoms with Gasteiger partial charge in [0, 0.05) is 5.39 Å². The third kappa shape index (κ3) is 1.10. The number of nitrogens with zero attached hydrogens (tertiary/aromatic N) is 1. The summed E-state index contributed by atoms with van der Waals surface area (Å²) >= 11 is 0. The Balaban J connectivity index is 2.74. The molecule has 0 spiro atoms. The summed E-state index contributed by atoms with van der Waals surface area (Å²) in [5, 5.41) is 12.7. The van der Waals surface area contributed by atoms with Crippen LogP contribution in [-0.2, 0) is 0 Å². The first kappa shape index (κ1) is 8.55. The summed E-state index contributed by atoms with van der Waals surface area (Å²) in [5.74, 6) is 0.409. The highest BCUT2D eigenvalue weighted by molar-refractivity contribution is 5.92. The average molecular weight is 192 g/mol. The molecule has 0 saturated carbocycles. The van der Waals surface area contributed by atoms with E-state index in [0.717, 1.165) is 0 Å². The first-order chi connectivity index (χ1) is 6.76. The average Bonchev–Trinajstić information content (AvgIpc) is 2.55. The van der Waals surface area contributed by atoms with Crippen LogP contribution in [0.5, 0.6) is 11.5 Å². The maximum atomic E-state index is 10.3. The predicted octanol–water partition coefficient (Wildman–Crippen LogP) is 2.28. The Labute approximate surface area is 79.3 Å². The Morgan fingerprint density at radius 2 is 2.29 bits per heavy atom. The number of benzene rings is 1. The Hall–Kier alpha value is -2.04. The molecule has 0 aliphatic rings. The molecule has 5 heteroatoms. The lowest BCUT2D eigenvalue weighted by Crippen LogP contribution is -1.80. The standard InChI is InChI=1S/C9H8N2O3/c1-14-5-2-3-7-6(4-5)8(12)9(10-7)11-13/h2-4,10,12H,1H3. The molecule has 72 valence electrons. The number of rotatable bonds is 2. The number of nitroso groups, excluding NO2 is 1. The van der Waals surface area contributed by atoms with E-state index in [2.05, 4.69) is 10.2 Å². The topological polar surface area (TPSA) is 74.7 Å². The minimum absolute atomic E-state index is 0.0618. The molecule has 5 nitrogen and oxygen atoms in total. The SMILES string of the molecule is COc1ccc2[nH]c(N=O)c(O)c2c1. The fourth-order valence-electron chi connectivity index (χ4n) is 1.34. The molecule has 2 rings (SSSR count). The number of H-pyrrole nitrogens is 1. The van der Waals surface area contributed by atoms with E-state index in [0.29, 0.717) is 16.7 Å². The number of aromatic amines is 1. The Morgan fingerprint density at radius 1 is 1.50 bits per heavy atom. The highest BCUT2D eigenvalue weighted by Crippen LogP contribution is 2.36. The third-order valence-corrected chi connectivity index (χ3v) is 2.05. The number of aromatic hydroxyl groups is 1. The van der Waals surface area contributed by atoms with E-state index in [-0.39, 0.29) is 11.6 Å². The molecule has 0 saturated heterocycles. The Bertz CT molecular complexity index is 490. The molecule has 1 heterocycles. The van der Waals surface area contributed by atoms with Gasteiger partial charge in [-0.2, -0.15) is 0 Å². The molecule has 0 unspecified atom stereocenters. The summed E-state index contributed by atoms with van der Waals surface area (Å²) in [4.78, 5) is 13.0. The molecular weight excluding hydrogens is 184 g/mol. The van der Waals surface area contributed by atoms with Crippen molar-refractivity contribution in [2.75, 3.05) is 7.11 Å². The molecule has 0 radical (unpaired) electrons. The number of ether oxygens (including phenoxy) is 1. The van der Waals surface area contributed by atoms with E-state index >= 15 is 0 Å². The van der Waals surface area contributed by atoms with E-state index in [1.54, 1.807) is 18.2 Å². The fourth-order valence-corrected chi connectivity index (χ4v) is 1.34. The highest BCUT2D eigenvalue weighted by atomic mass is 16.5. The molecule has 0 aliphatic heterocycles. The number of hydrogen-bond acceptors (Lipinski definition) is 4. The van der Waals surface area contributed by atoms with E-state index in [4.69, 9.17) is 4.74 Å². The second-order valence-electron chi connectivity index (χ2n) is 2.83. The predicted molar refractivity (Wildman–Crippen MR) is 52.0 cm³/mol. The number of fused-ring (bicyclic) bond motifs is 1. The van der Waals surface area contributed by atoms with E-state index in [9.17, 15) is 10.0 Å². The van der Waals surface area contributed by atoms with E-state index in [1.165, 1.54) is 7.11 Å². The lowest BCUT2D eigenvalue weighted by atomic mass is 10.2. The van der Waals surface area contributed by atoms with Crippen molar-refractivity contribution < 1.29 is 9.84 Å². The first-order valence-corrected chi connectivity index (χ1v) is 3.98. The van der Waals surface area contributed by atoms with Crippen molar-refractivity contribution in [1.29, 1.82) is 0 Å². The summed E-state index contributed by atoms with van der Waals surface area (Å²) in [6.07, 6.45) is 0. The maximum Gasteiger partial charge on any atom is 0.218 e. The number of nitrogens with one attached hydrogen (secondary N) is 1. The molecule has 1 aromatic heterocycles. The first-order valence-electron chi connectivity index (χ1n) is 3.98. The van der Waals surface area contributed by atoms with Crippen molar-refractivity contribution >= 4 is 16.7 Å². The number of aromatic nitrogens is 1. The number of methoxy groups -OCH3 is 1. The second-order valence-corrected chi connectivity index (χ2v) is 2.83. The zero-order chi connectivity index (χ0) is 10.1. The minimum atomic E-state index is -0.145. The van der Waals surface area contributed by atoms with Gasteiger partial charge in [0.1, 0.15) is 5.75 Å². The monoisotopic (exact) mass is 192 g/mol. The number of hydrogen-bond donors (Lipinski definition) is 2. The van der Waals surface area contributed by atoms with Gasteiger partial charge in [0.25, 0.3) is 0 Å². The summed E-state index contributed by atoms with van der Waals surface area (Å²) < 4.78 is 4.99. The zero-order valence-corrected chi connectivity index (χ0v) is 7.44. The van der Waals surface area contributed by atoms with E-state index < -0.39 is 0 Å². The summed E-state index contributed by atoms with van der Waals surface area (Å²) in [6.45, 7) is 0. The van der Waals surface area contributed by atoms with Crippen LogP contribution in [0.3, 0.4) is 0 Å². The molecule has 2 N–H and O–H groups in total. The van der Waals surface area contributed by atoms with Gasteiger partial charge in [-0.1, -0.05) is 0 Å². The van der Waals surface area contributed by atoms with Gasteiger partial charge in [0.15, 0.2) is 5.75 Å². The van der Waals surface area contributed by atoms with Crippen molar-refractivity contribution in [3.8, 4) is 11.5 Å². The quantitative estimate of drug-likeness (QED) is 0.716. The van der Waals surface area contributed by atoms with Gasteiger partial charge in [0.05, 0.1) is 12.6 Å². The molecule has 0 amide bonds. The van der Waals surface area contributed by atoms with Gasteiger partial charge in [0.2, 0.25) is 5.82 Å². The lowest BCUT2D eigenvalue weighted by molar-refractivity contribution is 0.415. The molecule has 0 aliphatic carbocycles. The van der Waals surface area contributed by atoms with Gasteiger partial charge in [-0.05, 0) is 23.4 Å². The van der Waals surface area contributed by atoms with Crippen molar-refractivity contribution in [2.45, 2.75) is 0 Å².